The van der Waals surface area contributed by atoms with Gasteiger partial charge in [-0.15, -0.1) is 22.6 Å². The van der Waals surface area contributed by atoms with E-state index in [0.29, 0.717) is 17.9 Å². The van der Waals surface area contributed by atoms with Crippen LogP contribution in [0.15, 0.2) is 24.3 Å². The zero-order chi connectivity index (χ0) is 14.4. The van der Waals surface area contributed by atoms with E-state index in [0.717, 1.165) is 11.3 Å². The molecule has 0 bridgehead atoms. The first-order valence-corrected chi connectivity index (χ1v) is 7.49. The zero-order valence-electron chi connectivity index (χ0n) is 11.4. The Hall–Kier alpha value is -1.64. The van der Waals surface area contributed by atoms with Gasteiger partial charge < -0.3 is 11.1 Å². The number of rotatable bonds is 6. The SMILES string of the molecule is CSCCC(N)C(=O)Nc1ccc(-c2nn[nH]n2)cc1.Cl. The third kappa shape index (κ3) is 5.00. The number of thioether (sulfide) groups is 1. The van der Waals surface area contributed by atoms with E-state index in [1.54, 1.807) is 23.9 Å². The Bertz CT molecular complexity index is 547. The third-order valence-corrected chi connectivity index (χ3v) is 3.37. The quantitative estimate of drug-likeness (QED) is 0.737. The molecule has 0 aliphatic heterocycles. The van der Waals surface area contributed by atoms with Gasteiger partial charge in [-0.3, -0.25) is 4.79 Å². The van der Waals surface area contributed by atoms with Crippen molar-refractivity contribution in [3.63, 3.8) is 0 Å². The number of carbonyl (C=O) groups excluding carboxylic acids is 1. The Morgan fingerprint density at radius 1 is 1.43 bits per heavy atom. The molecular formula is C12H17ClN6OS. The summed E-state index contributed by atoms with van der Waals surface area (Å²) >= 11 is 1.67. The number of nitrogens with zero attached hydrogens (tertiary/aromatic N) is 3. The first kappa shape index (κ1) is 17.4. The topological polar surface area (TPSA) is 110 Å². The minimum Gasteiger partial charge on any atom is -0.325 e. The van der Waals surface area contributed by atoms with Gasteiger partial charge in [-0.05, 0) is 47.9 Å². The van der Waals surface area contributed by atoms with Crippen LogP contribution in [0.2, 0.25) is 0 Å². The van der Waals surface area contributed by atoms with Gasteiger partial charge in [0.15, 0.2) is 0 Å². The number of anilines is 1. The normalized spacial score (nSPS) is 11.5. The molecule has 114 valence electrons. The second kappa shape index (κ2) is 8.60. The maximum absolute atomic E-state index is 11.8. The monoisotopic (exact) mass is 328 g/mol. The van der Waals surface area contributed by atoms with Crippen molar-refractivity contribution in [3.8, 4) is 11.4 Å². The maximum Gasteiger partial charge on any atom is 0.241 e. The Kier molecular flexibility index (Phi) is 7.13. The van der Waals surface area contributed by atoms with Crippen LogP contribution in [0.5, 0.6) is 0 Å². The highest BCUT2D eigenvalue weighted by Crippen LogP contribution is 2.17. The second-order valence-corrected chi connectivity index (χ2v) is 5.18. The lowest BCUT2D eigenvalue weighted by Gasteiger charge is -2.11. The second-order valence-electron chi connectivity index (χ2n) is 4.19. The molecule has 0 fully saturated rings. The van der Waals surface area contributed by atoms with Gasteiger partial charge in [-0.1, -0.05) is 0 Å². The molecule has 0 aliphatic carbocycles. The standard InChI is InChI=1S/C12H16N6OS.ClH/c1-20-7-6-10(13)12(19)14-9-4-2-8(3-5-9)11-15-17-18-16-11;/h2-5,10H,6-7,13H2,1H3,(H,14,19)(H,15,16,17,18);1H. The Balaban J connectivity index is 0.00000220. The van der Waals surface area contributed by atoms with Gasteiger partial charge in [-0.25, -0.2) is 0 Å². The van der Waals surface area contributed by atoms with Gasteiger partial charge in [0.2, 0.25) is 11.7 Å². The number of carbonyl (C=O) groups is 1. The van der Waals surface area contributed by atoms with E-state index in [2.05, 4.69) is 25.9 Å². The van der Waals surface area contributed by atoms with Crippen LogP contribution in [0.1, 0.15) is 6.42 Å². The lowest BCUT2D eigenvalue weighted by molar-refractivity contribution is -0.117. The minimum absolute atomic E-state index is 0. The molecule has 0 saturated carbocycles. The fourth-order valence-corrected chi connectivity index (χ4v) is 2.09. The predicted molar refractivity (Wildman–Crippen MR) is 86.5 cm³/mol. The molecule has 1 unspecified atom stereocenters. The fourth-order valence-electron chi connectivity index (χ4n) is 1.60. The average Bonchev–Trinajstić information content (AvgIpc) is 2.99. The maximum atomic E-state index is 11.8. The van der Waals surface area contributed by atoms with Crippen molar-refractivity contribution in [1.82, 2.24) is 20.6 Å². The molecule has 1 amide bonds. The van der Waals surface area contributed by atoms with Crippen LogP contribution >= 0.6 is 24.2 Å². The highest BCUT2D eigenvalue weighted by Gasteiger charge is 2.13. The van der Waals surface area contributed by atoms with E-state index in [1.165, 1.54) is 0 Å². The Morgan fingerprint density at radius 2 is 2.14 bits per heavy atom. The molecule has 4 N–H and O–H groups in total. The van der Waals surface area contributed by atoms with E-state index in [4.69, 9.17) is 5.73 Å². The van der Waals surface area contributed by atoms with Crippen LogP contribution < -0.4 is 11.1 Å². The van der Waals surface area contributed by atoms with Gasteiger partial charge in [0.25, 0.3) is 0 Å². The molecule has 1 heterocycles. The summed E-state index contributed by atoms with van der Waals surface area (Å²) in [6.45, 7) is 0. The largest absolute Gasteiger partial charge is 0.325 e. The molecule has 0 spiro atoms. The lowest BCUT2D eigenvalue weighted by atomic mass is 10.2. The van der Waals surface area contributed by atoms with Crippen LogP contribution in [0.4, 0.5) is 5.69 Å². The summed E-state index contributed by atoms with van der Waals surface area (Å²) in [5.41, 5.74) is 7.32. The summed E-state index contributed by atoms with van der Waals surface area (Å²) in [4.78, 5) is 11.8. The van der Waals surface area contributed by atoms with Crippen LogP contribution in [0, 0.1) is 0 Å². The molecule has 0 aliphatic rings. The molecule has 1 aromatic heterocycles. The van der Waals surface area contributed by atoms with Gasteiger partial charge in [-0.2, -0.15) is 17.0 Å². The molecule has 1 atom stereocenters. The van der Waals surface area contributed by atoms with Crippen LogP contribution in [0.25, 0.3) is 11.4 Å². The summed E-state index contributed by atoms with van der Waals surface area (Å²) in [5.74, 6) is 1.21. The summed E-state index contributed by atoms with van der Waals surface area (Å²) in [6, 6.07) is 6.71. The smallest absolute Gasteiger partial charge is 0.241 e. The van der Waals surface area contributed by atoms with Crippen molar-refractivity contribution in [1.29, 1.82) is 0 Å². The molecule has 21 heavy (non-hydrogen) atoms. The van der Waals surface area contributed by atoms with Crippen molar-refractivity contribution in [2.75, 3.05) is 17.3 Å². The number of amides is 1. The summed E-state index contributed by atoms with van der Waals surface area (Å²) in [7, 11) is 0. The van der Waals surface area contributed by atoms with Crippen LogP contribution in [-0.4, -0.2) is 44.6 Å². The highest BCUT2D eigenvalue weighted by atomic mass is 35.5. The van der Waals surface area contributed by atoms with Crippen LogP contribution in [0.3, 0.4) is 0 Å². The summed E-state index contributed by atoms with van der Waals surface area (Å²) in [5, 5.41) is 16.4. The number of halogens is 1. The highest BCUT2D eigenvalue weighted by molar-refractivity contribution is 7.98. The molecule has 0 radical (unpaired) electrons. The first-order chi connectivity index (χ1) is 9.70. The zero-order valence-corrected chi connectivity index (χ0v) is 13.1. The number of nitrogens with one attached hydrogen (secondary N) is 2. The number of nitrogens with two attached hydrogens (primary N) is 1. The number of H-pyrrole nitrogens is 1. The molecule has 0 saturated heterocycles. The van der Waals surface area contributed by atoms with E-state index in [1.807, 2.05) is 18.4 Å². The molecule has 7 nitrogen and oxygen atoms in total. The van der Waals surface area contributed by atoms with Crippen molar-refractivity contribution in [2.45, 2.75) is 12.5 Å². The number of benzene rings is 1. The van der Waals surface area contributed by atoms with Crippen molar-refractivity contribution < 1.29 is 4.79 Å². The summed E-state index contributed by atoms with van der Waals surface area (Å²) < 4.78 is 0. The number of tetrazole rings is 1. The van der Waals surface area contributed by atoms with Gasteiger partial charge in [0.05, 0.1) is 6.04 Å². The van der Waals surface area contributed by atoms with Crippen molar-refractivity contribution in [2.24, 2.45) is 5.73 Å². The van der Waals surface area contributed by atoms with Crippen LogP contribution in [-0.2, 0) is 4.79 Å². The van der Waals surface area contributed by atoms with Crippen molar-refractivity contribution in [3.05, 3.63) is 24.3 Å². The van der Waals surface area contributed by atoms with Gasteiger partial charge in [0, 0.05) is 11.3 Å². The van der Waals surface area contributed by atoms with Crippen molar-refractivity contribution >= 4 is 35.8 Å². The van der Waals surface area contributed by atoms with Gasteiger partial charge in [0.1, 0.15) is 0 Å². The molecule has 1 aromatic carbocycles. The first-order valence-electron chi connectivity index (χ1n) is 6.10. The van der Waals surface area contributed by atoms with E-state index >= 15 is 0 Å². The lowest BCUT2D eigenvalue weighted by Crippen LogP contribution is -2.36. The summed E-state index contributed by atoms with van der Waals surface area (Å²) in [6.07, 6.45) is 2.65. The van der Waals surface area contributed by atoms with E-state index < -0.39 is 6.04 Å². The third-order valence-electron chi connectivity index (χ3n) is 2.73. The predicted octanol–water partition coefficient (Wildman–Crippen LogP) is 1.31. The molecular weight excluding hydrogens is 312 g/mol. The number of hydrogen-bond acceptors (Lipinski definition) is 6. The fraction of sp³-hybridized carbons (Fsp3) is 0.333. The number of aromatic nitrogens is 4. The van der Waals surface area contributed by atoms with Gasteiger partial charge >= 0.3 is 0 Å². The number of aromatic amines is 1. The Morgan fingerprint density at radius 3 is 2.71 bits per heavy atom. The number of hydrogen-bond donors (Lipinski definition) is 3. The molecule has 9 heteroatoms. The average molecular weight is 329 g/mol. The molecule has 2 rings (SSSR count). The van der Waals surface area contributed by atoms with E-state index in [-0.39, 0.29) is 18.3 Å². The van der Waals surface area contributed by atoms with E-state index in [9.17, 15) is 4.79 Å². The molecule has 2 aromatic rings. The Labute approximate surface area is 132 Å². The minimum atomic E-state index is -0.487.